The monoisotopic (exact) mass is 568 g/mol. The Balaban J connectivity index is 1.26. The van der Waals surface area contributed by atoms with Gasteiger partial charge >= 0.3 is 0 Å². The normalized spacial score (nSPS) is 11.1. The van der Waals surface area contributed by atoms with Gasteiger partial charge in [0.05, 0.1) is 0 Å². The molecule has 0 atom stereocenters. The average Bonchev–Trinajstić information content (AvgIpc) is 3.10. The second-order valence-electron chi connectivity index (χ2n) is 11.1. The van der Waals surface area contributed by atoms with Crippen LogP contribution in [-0.2, 0) is 0 Å². The van der Waals surface area contributed by atoms with Crippen LogP contribution in [0.4, 0.5) is 22.7 Å². The van der Waals surface area contributed by atoms with E-state index in [1.807, 2.05) is 0 Å². The highest BCUT2D eigenvalue weighted by atomic mass is 15.1. The first-order valence-electron chi connectivity index (χ1n) is 15.6. The molecule has 0 radical (unpaired) electrons. The van der Waals surface area contributed by atoms with Crippen molar-refractivity contribution in [2.45, 2.75) is 13.8 Å². The van der Waals surface area contributed by atoms with Gasteiger partial charge in [0.25, 0.3) is 0 Å². The van der Waals surface area contributed by atoms with Crippen molar-refractivity contribution in [3.8, 4) is 22.3 Å². The lowest BCUT2D eigenvalue weighted by atomic mass is 9.99. The Labute approximate surface area is 260 Å². The van der Waals surface area contributed by atoms with Crippen LogP contribution in [0.5, 0.6) is 0 Å². The summed E-state index contributed by atoms with van der Waals surface area (Å²) in [4.78, 5) is 4.83. The molecule has 0 saturated heterocycles. The molecule has 0 amide bonds. The van der Waals surface area contributed by atoms with Crippen molar-refractivity contribution in [1.29, 1.82) is 0 Å². The molecule has 0 heterocycles. The number of para-hydroxylation sites is 2. The molecule has 44 heavy (non-hydrogen) atoms. The van der Waals surface area contributed by atoms with Crippen LogP contribution in [0.2, 0.25) is 0 Å². The van der Waals surface area contributed by atoms with Gasteiger partial charge in [-0.15, -0.1) is 0 Å². The molecule has 0 unspecified atom stereocenters. The topological polar surface area (TPSA) is 6.48 Å². The first-order chi connectivity index (χ1) is 21.7. The predicted molar refractivity (Wildman–Crippen MR) is 191 cm³/mol. The van der Waals surface area contributed by atoms with Crippen molar-refractivity contribution in [3.05, 3.63) is 158 Å². The predicted octanol–water partition coefficient (Wildman–Crippen LogP) is 11.6. The van der Waals surface area contributed by atoms with Gasteiger partial charge in [-0.1, -0.05) is 121 Å². The van der Waals surface area contributed by atoms with E-state index in [0.29, 0.717) is 0 Å². The number of rotatable bonds is 8. The van der Waals surface area contributed by atoms with Crippen LogP contribution in [0.25, 0.3) is 43.8 Å². The van der Waals surface area contributed by atoms with E-state index in [1.165, 1.54) is 66.5 Å². The Morgan fingerprint density at radius 3 is 1.18 bits per heavy atom. The molecule has 0 aliphatic rings. The lowest BCUT2D eigenvalue weighted by Crippen LogP contribution is -2.17. The van der Waals surface area contributed by atoms with Crippen LogP contribution in [0, 0.1) is 0 Å². The maximum Gasteiger partial charge on any atom is 0.0490 e. The van der Waals surface area contributed by atoms with Crippen LogP contribution >= 0.6 is 0 Å². The number of benzene rings is 7. The molecule has 0 aromatic heterocycles. The van der Waals surface area contributed by atoms with Gasteiger partial charge in [-0.05, 0) is 82.9 Å². The summed E-state index contributed by atoms with van der Waals surface area (Å²) >= 11 is 0. The minimum atomic E-state index is 0.879. The fourth-order valence-electron chi connectivity index (χ4n) is 6.51. The van der Waals surface area contributed by atoms with Crippen molar-refractivity contribution in [2.75, 3.05) is 22.9 Å². The van der Waals surface area contributed by atoms with Gasteiger partial charge in [-0.25, -0.2) is 0 Å². The number of hydrogen-bond donors (Lipinski definition) is 0. The number of hydrogen-bond acceptors (Lipinski definition) is 2. The molecule has 0 saturated carbocycles. The standard InChI is InChI=1S/C42H36N2/c1-3-43(41-21-13-11-19-39(41)31-15-7-5-8-16-31)35-25-27-37-33(29-35)23-24-34-30-36(26-28-38(34)37)44(4-2)42-22-14-12-20-40(42)32-17-9-6-10-18-32/h5-30H,3-4H2,1-2H3. The molecule has 0 bridgehead atoms. The average molecular weight is 569 g/mol. The summed E-state index contributed by atoms with van der Waals surface area (Å²) in [5.74, 6) is 0. The maximum absolute atomic E-state index is 2.42. The highest BCUT2D eigenvalue weighted by molar-refractivity contribution is 6.09. The molecule has 2 nitrogen and oxygen atoms in total. The van der Waals surface area contributed by atoms with Crippen LogP contribution in [0.3, 0.4) is 0 Å². The Bertz CT molecular complexity index is 1900. The van der Waals surface area contributed by atoms with Crippen molar-refractivity contribution < 1.29 is 0 Å². The van der Waals surface area contributed by atoms with E-state index < -0.39 is 0 Å². The van der Waals surface area contributed by atoms with Crippen molar-refractivity contribution in [2.24, 2.45) is 0 Å². The van der Waals surface area contributed by atoms with Gasteiger partial charge in [0.15, 0.2) is 0 Å². The Kier molecular flexibility index (Phi) is 7.56. The van der Waals surface area contributed by atoms with E-state index in [1.54, 1.807) is 0 Å². The molecule has 7 rings (SSSR count). The third kappa shape index (κ3) is 5.09. The summed E-state index contributed by atoms with van der Waals surface area (Å²) in [7, 11) is 0. The van der Waals surface area contributed by atoms with Crippen LogP contribution in [0.15, 0.2) is 158 Å². The quantitative estimate of drug-likeness (QED) is 0.168. The summed E-state index contributed by atoms with van der Waals surface area (Å²) in [6.07, 6.45) is 0. The molecule has 0 aliphatic carbocycles. The lowest BCUT2D eigenvalue weighted by molar-refractivity contribution is 1.03. The molecule has 0 N–H and O–H groups in total. The van der Waals surface area contributed by atoms with Gasteiger partial charge in [-0.3, -0.25) is 0 Å². The fourth-order valence-corrected chi connectivity index (χ4v) is 6.51. The first-order valence-corrected chi connectivity index (χ1v) is 15.6. The zero-order chi connectivity index (χ0) is 29.9. The summed E-state index contributed by atoms with van der Waals surface area (Å²) in [5, 5.41) is 5.05. The van der Waals surface area contributed by atoms with E-state index in [0.717, 1.165) is 13.1 Å². The molecule has 2 heteroatoms. The highest BCUT2D eigenvalue weighted by Gasteiger charge is 2.16. The zero-order valence-electron chi connectivity index (χ0n) is 25.3. The molecule has 0 spiro atoms. The molecule has 0 aliphatic heterocycles. The first kappa shape index (κ1) is 27.5. The summed E-state index contributed by atoms with van der Waals surface area (Å²) in [6.45, 7) is 6.21. The number of fused-ring (bicyclic) bond motifs is 3. The largest absolute Gasteiger partial charge is 0.341 e. The third-order valence-corrected chi connectivity index (χ3v) is 8.62. The Morgan fingerprint density at radius 1 is 0.386 bits per heavy atom. The summed E-state index contributed by atoms with van der Waals surface area (Å²) < 4.78 is 0. The van der Waals surface area contributed by atoms with E-state index in [-0.39, 0.29) is 0 Å². The summed E-state index contributed by atoms with van der Waals surface area (Å²) in [6, 6.07) is 57.1. The van der Waals surface area contributed by atoms with E-state index >= 15 is 0 Å². The second kappa shape index (κ2) is 12.1. The maximum atomic E-state index is 2.42. The van der Waals surface area contributed by atoms with E-state index in [9.17, 15) is 0 Å². The molecular weight excluding hydrogens is 532 g/mol. The molecule has 0 fully saturated rings. The number of nitrogens with zero attached hydrogens (tertiary/aromatic N) is 2. The van der Waals surface area contributed by atoms with Crippen molar-refractivity contribution >= 4 is 44.3 Å². The minimum Gasteiger partial charge on any atom is -0.341 e. The molecule has 7 aromatic rings. The smallest absolute Gasteiger partial charge is 0.0490 e. The minimum absolute atomic E-state index is 0.879. The van der Waals surface area contributed by atoms with Crippen molar-refractivity contribution in [1.82, 2.24) is 0 Å². The molecule has 7 aromatic carbocycles. The second-order valence-corrected chi connectivity index (χ2v) is 11.1. The van der Waals surface area contributed by atoms with Crippen molar-refractivity contribution in [3.63, 3.8) is 0 Å². The molecular formula is C42H36N2. The zero-order valence-corrected chi connectivity index (χ0v) is 25.3. The third-order valence-electron chi connectivity index (χ3n) is 8.62. The van der Waals surface area contributed by atoms with Crippen LogP contribution in [0.1, 0.15) is 13.8 Å². The van der Waals surface area contributed by atoms with Gasteiger partial charge in [0, 0.05) is 47.0 Å². The van der Waals surface area contributed by atoms with Crippen LogP contribution < -0.4 is 9.80 Å². The van der Waals surface area contributed by atoms with Crippen LogP contribution in [-0.4, -0.2) is 13.1 Å². The Morgan fingerprint density at radius 2 is 0.773 bits per heavy atom. The van der Waals surface area contributed by atoms with E-state index in [4.69, 9.17) is 0 Å². The summed E-state index contributed by atoms with van der Waals surface area (Å²) in [5.41, 5.74) is 9.81. The van der Waals surface area contributed by atoms with Gasteiger partial charge in [-0.2, -0.15) is 0 Å². The Hall–Kier alpha value is -5.34. The van der Waals surface area contributed by atoms with E-state index in [2.05, 4.69) is 181 Å². The van der Waals surface area contributed by atoms with Gasteiger partial charge in [0.2, 0.25) is 0 Å². The fraction of sp³-hybridized carbons (Fsp3) is 0.0952. The van der Waals surface area contributed by atoms with Gasteiger partial charge in [0.1, 0.15) is 0 Å². The lowest BCUT2D eigenvalue weighted by Gasteiger charge is -2.27. The van der Waals surface area contributed by atoms with Gasteiger partial charge < -0.3 is 9.80 Å². The molecule has 214 valence electrons. The SMILES string of the molecule is CCN(c1ccc2c(ccc3cc(N(CC)c4ccccc4-c4ccccc4)ccc32)c1)c1ccccc1-c1ccccc1. The number of anilines is 4. The highest BCUT2D eigenvalue weighted by Crippen LogP contribution is 2.39.